The van der Waals surface area contributed by atoms with Crippen molar-refractivity contribution in [3.05, 3.63) is 51.3 Å². The van der Waals surface area contributed by atoms with Crippen molar-refractivity contribution in [2.24, 2.45) is 0 Å². The van der Waals surface area contributed by atoms with Crippen LogP contribution in [0.25, 0.3) is 0 Å². The normalized spacial score (nSPS) is 12.7. The standard InChI is InChI=1S/C15H18Cl2N2O/c1-3-10-8-11(19(4-2)18-10)9-14(20)15-12(16)6-5-7-13(15)17/h5-8,14,20H,3-4,9H2,1-2H3. The zero-order valence-corrected chi connectivity index (χ0v) is 13.1. The Bertz CT molecular complexity index is 575. The summed E-state index contributed by atoms with van der Waals surface area (Å²) in [7, 11) is 0. The predicted octanol–water partition coefficient (Wildman–Crippen LogP) is 4.05. The van der Waals surface area contributed by atoms with Gasteiger partial charge in [0.25, 0.3) is 0 Å². The van der Waals surface area contributed by atoms with Gasteiger partial charge in [-0.1, -0.05) is 36.2 Å². The van der Waals surface area contributed by atoms with Gasteiger partial charge in [0.15, 0.2) is 0 Å². The maximum absolute atomic E-state index is 10.4. The maximum Gasteiger partial charge on any atom is 0.0874 e. The molecule has 1 atom stereocenters. The van der Waals surface area contributed by atoms with E-state index < -0.39 is 6.10 Å². The van der Waals surface area contributed by atoms with Gasteiger partial charge in [-0.3, -0.25) is 4.68 Å². The topological polar surface area (TPSA) is 38.0 Å². The number of aryl methyl sites for hydroxylation is 2. The Morgan fingerprint density at radius 2 is 1.90 bits per heavy atom. The van der Waals surface area contributed by atoms with Crippen LogP contribution < -0.4 is 0 Å². The highest BCUT2D eigenvalue weighted by molar-refractivity contribution is 6.36. The molecule has 3 nitrogen and oxygen atoms in total. The lowest BCUT2D eigenvalue weighted by Crippen LogP contribution is -2.09. The summed E-state index contributed by atoms with van der Waals surface area (Å²) in [5.41, 5.74) is 2.60. The van der Waals surface area contributed by atoms with Crippen molar-refractivity contribution in [1.82, 2.24) is 9.78 Å². The molecule has 0 fully saturated rings. The first kappa shape index (κ1) is 15.4. The molecule has 0 aliphatic heterocycles. The van der Waals surface area contributed by atoms with E-state index in [9.17, 15) is 5.11 Å². The fraction of sp³-hybridized carbons (Fsp3) is 0.400. The number of hydrogen-bond acceptors (Lipinski definition) is 2. The average Bonchev–Trinajstić information content (AvgIpc) is 2.80. The molecule has 0 saturated heterocycles. The highest BCUT2D eigenvalue weighted by Gasteiger charge is 2.18. The zero-order valence-electron chi connectivity index (χ0n) is 11.6. The quantitative estimate of drug-likeness (QED) is 0.904. The summed E-state index contributed by atoms with van der Waals surface area (Å²) in [6.45, 7) is 4.87. The van der Waals surface area contributed by atoms with Crippen LogP contribution in [0.2, 0.25) is 10.0 Å². The van der Waals surface area contributed by atoms with Crippen LogP contribution in [0.4, 0.5) is 0 Å². The van der Waals surface area contributed by atoms with E-state index in [1.165, 1.54) is 0 Å². The molecule has 2 rings (SSSR count). The van der Waals surface area contributed by atoms with Crippen LogP contribution in [-0.4, -0.2) is 14.9 Å². The van der Waals surface area contributed by atoms with Gasteiger partial charge in [-0.25, -0.2) is 0 Å². The van der Waals surface area contributed by atoms with Crippen molar-refractivity contribution in [2.75, 3.05) is 0 Å². The molecule has 5 heteroatoms. The van der Waals surface area contributed by atoms with Crippen LogP contribution in [0.15, 0.2) is 24.3 Å². The van der Waals surface area contributed by atoms with Gasteiger partial charge in [0.05, 0.1) is 11.8 Å². The van der Waals surface area contributed by atoms with Crippen molar-refractivity contribution < 1.29 is 5.11 Å². The van der Waals surface area contributed by atoms with E-state index in [1.54, 1.807) is 18.2 Å². The van der Waals surface area contributed by atoms with Crippen LogP contribution >= 0.6 is 23.2 Å². The number of rotatable bonds is 5. The Hall–Kier alpha value is -1.03. The van der Waals surface area contributed by atoms with E-state index >= 15 is 0 Å². The molecule has 0 aliphatic carbocycles. The summed E-state index contributed by atoms with van der Waals surface area (Å²) in [5, 5.41) is 15.9. The van der Waals surface area contributed by atoms with Crippen molar-refractivity contribution >= 4 is 23.2 Å². The van der Waals surface area contributed by atoms with E-state index in [0.717, 1.165) is 24.4 Å². The molecule has 0 amide bonds. The largest absolute Gasteiger partial charge is 0.388 e. The molecule has 0 spiro atoms. The minimum atomic E-state index is -0.733. The van der Waals surface area contributed by atoms with E-state index in [1.807, 2.05) is 17.7 Å². The Morgan fingerprint density at radius 1 is 1.25 bits per heavy atom. The molecule has 108 valence electrons. The van der Waals surface area contributed by atoms with Gasteiger partial charge in [0, 0.05) is 34.3 Å². The van der Waals surface area contributed by atoms with Crippen molar-refractivity contribution in [3.63, 3.8) is 0 Å². The number of aliphatic hydroxyl groups excluding tert-OH is 1. The van der Waals surface area contributed by atoms with Crippen LogP contribution in [0.3, 0.4) is 0 Å². The highest BCUT2D eigenvalue weighted by atomic mass is 35.5. The summed E-state index contributed by atoms with van der Waals surface area (Å²) in [4.78, 5) is 0. The van der Waals surface area contributed by atoms with Gasteiger partial charge in [0.1, 0.15) is 0 Å². The lowest BCUT2D eigenvalue weighted by atomic mass is 10.0. The molecule has 1 unspecified atom stereocenters. The molecule has 1 N–H and O–H groups in total. The van der Waals surface area contributed by atoms with Gasteiger partial charge in [-0.2, -0.15) is 5.10 Å². The number of hydrogen-bond donors (Lipinski definition) is 1. The Kier molecular flexibility index (Phi) is 5.08. The second kappa shape index (κ2) is 6.61. The van der Waals surface area contributed by atoms with E-state index in [0.29, 0.717) is 22.0 Å². The molecule has 0 bridgehead atoms. The molecule has 1 aromatic heterocycles. The first-order valence-electron chi connectivity index (χ1n) is 6.74. The van der Waals surface area contributed by atoms with Gasteiger partial charge in [-0.05, 0) is 31.5 Å². The Labute approximate surface area is 129 Å². The fourth-order valence-corrected chi connectivity index (χ4v) is 2.90. The molecular weight excluding hydrogens is 295 g/mol. The third kappa shape index (κ3) is 3.17. The molecule has 0 aliphatic rings. The molecule has 1 heterocycles. The van der Waals surface area contributed by atoms with Crippen molar-refractivity contribution in [1.29, 1.82) is 0 Å². The summed E-state index contributed by atoms with van der Waals surface area (Å²) >= 11 is 12.3. The third-order valence-corrected chi connectivity index (χ3v) is 3.97. The summed E-state index contributed by atoms with van der Waals surface area (Å²) in [5.74, 6) is 0. The maximum atomic E-state index is 10.4. The fourth-order valence-electron chi connectivity index (χ4n) is 2.26. The highest BCUT2D eigenvalue weighted by Crippen LogP contribution is 2.32. The first-order chi connectivity index (χ1) is 9.56. The van der Waals surface area contributed by atoms with Crippen LogP contribution in [0, 0.1) is 0 Å². The van der Waals surface area contributed by atoms with E-state index in [-0.39, 0.29) is 0 Å². The summed E-state index contributed by atoms with van der Waals surface area (Å²) in [6, 6.07) is 7.27. The van der Waals surface area contributed by atoms with Gasteiger partial charge < -0.3 is 5.11 Å². The van der Waals surface area contributed by atoms with Crippen LogP contribution in [-0.2, 0) is 19.4 Å². The molecule has 0 saturated carbocycles. The number of halogens is 2. The molecule has 1 aromatic carbocycles. The second-order valence-corrected chi connectivity index (χ2v) is 5.47. The average molecular weight is 313 g/mol. The van der Waals surface area contributed by atoms with E-state index in [2.05, 4.69) is 12.0 Å². The predicted molar refractivity (Wildman–Crippen MR) is 82.4 cm³/mol. The number of aliphatic hydroxyl groups is 1. The molecule has 2 aromatic rings. The van der Waals surface area contributed by atoms with Gasteiger partial charge >= 0.3 is 0 Å². The summed E-state index contributed by atoms with van der Waals surface area (Å²) < 4.78 is 1.91. The number of nitrogens with zero attached hydrogens (tertiary/aromatic N) is 2. The number of aromatic nitrogens is 2. The monoisotopic (exact) mass is 312 g/mol. The van der Waals surface area contributed by atoms with Gasteiger partial charge in [0.2, 0.25) is 0 Å². The second-order valence-electron chi connectivity index (χ2n) is 4.65. The van der Waals surface area contributed by atoms with Crippen LogP contribution in [0.5, 0.6) is 0 Å². The van der Waals surface area contributed by atoms with Crippen molar-refractivity contribution in [3.8, 4) is 0 Å². The minimum Gasteiger partial charge on any atom is -0.388 e. The summed E-state index contributed by atoms with van der Waals surface area (Å²) in [6.07, 6.45) is 0.593. The Balaban J connectivity index is 2.27. The minimum absolute atomic E-state index is 0.449. The molecular formula is C15H18Cl2N2O. The SMILES string of the molecule is CCc1cc(CC(O)c2c(Cl)cccc2Cl)n(CC)n1. The zero-order chi connectivity index (χ0) is 14.7. The van der Waals surface area contributed by atoms with E-state index in [4.69, 9.17) is 23.2 Å². The smallest absolute Gasteiger partial charge is 0.0874 e. The molecule has 0 radical (unpaired) electrons. The van der Waals surface area contributed by atoms with Crippen LogP contribution in [0.1, 0.15) is 36.9 Å². The first-order valence-corrected chi connectivity index (χ1v) is 7.50. The Morgan fingerprint density at radius 3 is 2.45 bits per heavy atom. The van der Waals surface area contributed by atoms with Crippen molar-refractivity contribution in [2.45, 2.75) is 39.3 Å². The molecule has 20 heavy (non-hydrogen) atoms. The third-order valence-electron chi connectivity index (χ3n) is 3.31. The lowest BCUT2D eigenvalue weighted by molar-refractivity contribution is 0.175. The number of benzene rings is 1. The van der Waals surface area contributed by atoms with Gasteiger partial charge in [-0.15, -0.1) is 0 Å². The lowest BCUT2D eigenvalue weighted by Gasteiger charge is -2.15.